The molecular formula is C22H24N2O4. The molecule has 1 fully saturated rings. The van der Waals surface area contributed by atoms with Crippen LogP contribution in [-0.4, -0.2) is 36.6 Å². The molecule has 0 bridgehead atoms. The summed E-state index contributed by atoms with van der Waals surface area (Å²) < 4.78 is 10.6. The van der Waals surface area contributed by atoms with Crippen LogP contribution in [0, 0.1) is 19.8 Å². The van der Waals surface area contributed by atoms with Crippen LogP contribution < -0.4 is 14.8 Å². The number of piperidine rings is 1. The van der Waals surface area contributed by atoms with Gasteiger partial charge in [0.2, 0.25) is 12.7 Å². The van der Waals surface area contributed by atoms with E-state index in [1.54, 1.807) is 23.1 Å². The molecule has 4 rings (SSSR count). The Morgan fingerprint density at radius 2 is 1.71 bits per heavy atom. The fourth-order valence-electron chi connectivity index (χ4n) is 3.62. The van der Waals surface area contributed by atoms with Crippen molar-refractivity contribution in [1.82, 2.24) is 4.90 Å². The van der Waals surface area contributed by atoms with Crippen molar-refractivity contribution in [3.63, 3.8) is 0 Å². The van der Waals surface area contributed by atoms with Crippen LogP contribution in [0.5, 0.6) is 11.5 Å². The first-order chi connectivity index (χ1) is 13.5. The Labute approximate surface area is 164 Å². The van der Waals surface area contributed by atoms with Gasteiger partial charge in [0.25, 0.3) is 5.91 Å². The number of carbonyl (C=O) groups excluding carboxylic acids is 2. The third-order valence-electron chi connectivity index (χ3n) is 5.55. The summed E-state index contributed by atoms with van der Waals surface area (Å²) in [5.41, 5.74) is 3.77. The van der Waals surface area contributed by atoms with Gasteiger partial charge in [0, 0.05) is 30.3 Å². The Kier molecular flexibility index (Phi) is 4.94. The first-order valence-corrected chi connectivity index (χ1v) is 9.58. The van der Waals surface area contributed by atoms with Crippen LogP contribution in [-0.2, 0) is 4.79 Å². The highest BCUT2D eigenvalue weighted by atomic mass is 16.7. The number of amides is 2. The molecule has 28 heavy (non-hydrogen) atoms. The normalized spacial score (nSPS) is 16.1. The molecule has 0 saturated carbocycles. The van der Waals surface area contributed by atoms with Gasteiger partial charge in [-0.05, 0) is 68.1 Å². The molecule has 2 aliphatic heterocycles. The second-order valence-corrected chi connectivity index (χ2v) is 7.42. The highest BCUT2D eigenvalue weighted by Gasteiger charge is 2.28. The van der Waals surface area contributed by atoms with E-state index in [0.717, 1.165) is 11.3 Å². The minimum Gasteiger partial charge on any atom is -0.454 e. The van der Waals surface area contributed by atoms with Gasteiger partial charge in [-0.2, -0.15) is 0 Å². The maximum Gasteiger partial charge on any atom is 0.253 e. The van der Waals surface area contributed by atoms with Crippen molar-refractivity contribution in [2.24, 2.45) is 5.92 Å². The van der Waals surface area contributed by atoms with Crippen molar-refractivity contribution >= 4 is 17.5 Å². The van der Waals surface area contributed by atoms with E-state index in [-0.39, 0.29) is 24.5 Å². The van der Waals surface area contributed by atoms with E-state index < -0.39 is 0 Å². The van der Waals surface area contributed by atoms with Gasteiger partial charge in [-0.1, -0.05) is 6.07 Å². The third kappa shape index (κ3) is 3.67. The van der Waals surface area contributed by atoms with Crippen molar-refractivity contribution in [3.8, 4) is 11.5 Å². The molecule has 0 aromatic heterocycles. The number of hydrogen-bond acceptors (Lipinski definition) is 4. The molecule has 2 amide bonds. The molecule has 2 aromatic rings. The molecule has 6 heteroatoms. The van der Waals surface area contributed by atoms with E-state index in [2.05, 4.69) is 5.32 Å². The van der Waals surface area contributed by atoms with Crippen LogP contribution in [0.2, 0.25) is 0 Å². The standard InChI is InChI=1S/C22H24N2O4/c1-14-3-5-18(11-15(14)2)23-21(25)16-7-9-24(10-8-16)22(26)17-4-6-19-20(12-17)28-13-27-19/h3-6,11-12,16H,7-10,13H2,1-2H3,(H,23,25). The van der Waals surface area contributed by atoms with E-state index in [9.17, 15) is 9.59 Å². The summed E-state index contributed by atoms with van der Waals surface area (Å²) in [6, 6.07) is 11.2. The number of ether oxygens (including phenoxy) is 2. The molecule has 1 N–H and O–H groups in total. The Morgan fingerprint density at radius 3 is 2.46 bits per heavy atom. The maximum absolute atomic E-state index is 12.8. The molecule has 0 radical (unpaired) electrons. The van der Waals surface area contributed by atoms with Gasteiger partial charge in [-0.15, -0.1) is 0 Å². The second-order valence-electron chi connectivity index (χ2n) is 7.42. The molecule has 0 atom stereocenters. The lowest BCUT2D eigenvalue weighted by Crippen LogP contribution is -2.41. The fourth-order valence-corrected chi connectivity index (χ4v) is 3.62. The monoisotopic (exact) mass is 380 g/mol. The van der Waals surface area contributed by atoms with Gasteiger partial charge in [0.1, 0.15) is 0 Å². The molecule has 0 aliphatic carbocycles. The smallest absolute Gasteiger partial charge is 0.253 e. The summed E-state index contributed by atoms with van der Waals surface area (Å²) in [6.45, 7) is 5.41. The second kappa shape index (κ2) is 7.54. The van der Waals surface area contributed by atoms with Crippen molar-refractivity contribution in [2.75, 3.05) is 25.2 Å². The Morgan fingerprint density at radius 1 is 0.964 bits per heavy atom. The number of likely N-dealkylation sites (tertiary alicyclic amines) is 1. The molecule has 2 aliphatic rings. The topological polar surface area (TPSA) is 67.9 Å². The van der Waals surface area contributed by atoms with Crippen LogP contribution in [0.3, 0.4) is 0 Å². The van der Waals surface area contributed by atoms with Crippen molar-refractivity contribution in [2.45, 2.75) is 26.7 Å². The Bertz CT molecular complexity index is 917. The molecule has 146 valence electrons. The largest absolute Gasteiger partial charge is 0.454 e. The van der Waals surface area contributed by atoms with Crippen LogP contribution in [0.1, 0.15) is 34.3 Å². The minimum atomic E-state index is -0.0811. The summed E-state index contributed by atoms with van der Waals surface area (Å²) in [5.74, 6) is 1.18. The lowest BCUT2D eigenvalue weighted by molar-refractivity contribution is -0.121. The van der Waals surface area contributed by atoms with E-state index in [1.807, 2.05) is 32.0 Å². The highest BCUT2D eigenvalue weighted by Crippen LogP contribution is 2.33. The van der Waals surface area contributed by atoms with Gasteiger partial charge < -0.3 is 19.7 Å². The summed E-state index contributed by atoms with van der Waals surface area (Å²) in [4.78, 5) is 27.2. The van der Waals surface area contributed by atoms with E-state index in [4.69, 9.17) is 9.47 Å². The zero-order valence-corrected chi connectivity index (χ0v) is 16.2. The molecule has 2 heterocycles. The van der Waals surface area contributed by atoms with E-state index in [0.29, 0.717) is 43.0 Å². The number of carbonyl (C=O) groups is 2. The molecule has 1 saturated heterocycles. The Hall–Kier alpha value is -3.02. The van der Waals surface area contributed by atoms with Crippen molar-refractivity contribution in [1.29, 1.82) is 0 Å². The number of aryl methyl sites for hydroxylation is 2. The summed E-state index contributed by atoms with van der Waals surface area (Å²) >= 11 is 0. The predicted octanol–water partition coefficient (Wildman–Crippen LogP) is 3.52. The van der Waals surface area contributed by atoms with Crippen molar-refractivity contribution in [3.05, 3.63) is 53.1 Å². The quantitative estimate of drug-likeness (QED) is 0.885. The van der Waals surface area contributed by atoms with Crippen LogP contribution in [0.15, 0.2) is 36.4 Å². The maximum atomic E-state index is 12.8. The summed E-state index contributed by atoms with van der Waals surface area (Å²) in [5, 5.41) is 3.01. The molecule has 0 spiro atoms. The lowest BCUT2D eigenvalue weighted by atomic mass is 9.95. The highest BCUT2D eigenvalue weighted by molar-refractivity contribution is 5.96. The van der Waals surface area contributed by atoms with Crippen molar-refractivity contribution < 1.29 is 19.1 Å². The summed E-state index contributed by atoms with van der Waals surface area (Å²) in [6.07, 6.45) is 1.32. The minimum absolute atomic E-state index is 0.0263. The number of hydrogen-bond donors (Lipinski definition) is 1. The predicted molar refractivity (Wildman–Crippen MR) is 106 cm³/mol. The average molecular weight is 380 g/mol. The van der Waals surface area contributed by atoms with Gasteiger partial charge in [-0.3, -0.25) is 9.59 Å². The average Bonchev–Trinajstić information content (AvgIpc) is 3.18. The molecule has 6 nitrogen and oxygen atoms in total. The van der Waals surface area contributed by atoms with Gasteiger partial charge in [0.05, 0.1) is 0 Å². The summed E-state index contributed by atoms with van der Waals surface area (Å²) in [7, 11) is 0. The van der Waals surface area contributed by atoms with Crippen LogP contribution >= 0.6 is 0 Å². The SMILES string of the molecule is Cc1ccc(NC(=O)C2CCN(C(=O)c3ccc4c(c3)OCO4)CC2)cc1C. The lowest BCUT2D eigenvalue weighted by Gasteiger charge is -2.31. The molecule has 2 aromatic carbocycles. The van der Waals surface area contributed by atoms with Crippen LogP contribution in [0.4, 0.5) is 5.69 Å². The van der Waals surface area contributed by atoms with E-state index in [1.165, 1.54) is 5.56 Å². The van der Waals surface area contributed by atoms with Gasteiger partial charge >= 0.3 is 0 Å². The molecule has 0 unspecified atom stereocenters. The first kappa shape index (κ1) is 18.3. The van der Waals surface area contributed by atoms with E-state index >= 15 is 0 Å². The fraction of sp³-hybridized carbons (Fsp3) is 0.364. The third-order valence-corrected chi connectivity index (χ3v) is 5.55. The number of nitrogens with one attached hydrogen (secondary N) is 1. The first-order valence-electron chi connectivity index (χ1n) is 9.58. The van der Waals surface area contributed by atoms with Gasteiger partial charge in [0.15, 0.2) is 11.5 Å². The van der Waals surface area contributed by atoms with Gasteiger partial charge in [-0.25, -0.2) is 0 Å². The number of fused-ring (bicyclic) bond motifs is 1. The Balaban J connectivity index is 1.34. The zero-order valence-electron chi connectivity index (χ0n) is 16.2. The number of anilines is 1. The number of benzene rings is 2. The van der Waals surface area contributed by atoms with Crippen LogP contribution in [0.25, 0.3) is 0 Å². The molecular weight excluding hydrogens is 356 g/mol. The number of nitrogens with zero attached hydrogens (tertiary/aromatic N) is 1. The number of rotatable bonds is 3. The zero-order chi connectivity index (χ0) is 19.7.